The van der Waals surface area contributed by atoms with Gasteiger partial charge in [0.2, 0.25) is 0 Å². The molecule has 1 aromatic heterocycles. The first-order valence-corrected chi connectivity index (χ1v) is 6.50. The molecule has 3 rings (SSSR count). The summed E-state index contributed by atoms with van der Waals surface area (Å²) >= 11 is 0. The molecule has 0 amide bonds. The molecule has 1 heterocycles. The van der Waals surface area contributed by atoms with Crippen molar-refractivity contribution in [3.8, 4) is 11.4 Å². The molecular formula is C16H13FN2O2. The van der Waals surface area contributed by atoms with E-state index in [2.05, 4.69) is 4.98 Å². The van der Waals surface area contributed by atoms with Crippen LogP contribution in [0.25, 0.3) is 22.4 Å². The van der Waals surface area contributed by atoms with Gasteiger partial charge in [-0.2, -0.15) is 0 Å². The molecule has 5 heteroatoms. The Hall–Kier alpha value is -2.69. The summed E-state index contributed by atoms with van der Waals surface area (Å²) < 4.78 is 15.6. The summed E-state index contributed by atoms with van der Waals surface area (Å²) in [5.74, 6) is -1.07. The first-order chi connectivity index (χ1) is 10.1. The number of benzene rings is 2. The molecule has 0 radical (unpaired) electrons. The third-order valence-corrected chi connectivity index (χ3v) is 3.31. The molecular weight excluding hydrogens is 271 g/mol. The zero-order valence-electron chi connectivity index (χ0n) is 11.4. The lowest BCUT2D eigenvalue weighted by Crippen LogP contribution is -2.10. The highest BCUT2D eigenvalue weighted by atomic mass is 19.1. The van der Waals surface area contributed by atoms with Crippen molar-refractivity contribution in [3.05, 3.63) is 53.8 Å². The second-order valence-electron chi connectivity index (χ2n) is 4.89. The summed E-state index contributed by atoms with van der Waals surface area (Å²) in [6.45, 7) is 1.59. The smallest absolute Gasteiger partial charge is 0.323 e. The van der Waals surface area contributed by atoms with Crippen LogP contribution in [0.3, 0.4) is 0 Å². The summed E-state index contributed by atoms with van der Waals surface area (Å²) in [7, 11) is 0. The standard InChI is InChI=1S/C16H13FN2O2/c1-10-6-7-12(17)11(8-10)16-18-13-4-2-3-5-14(13)19(16)9-15(20)21/h2-8H,9H2,1H3,(H,20,21). The summed E-state index contributed by atoms with van der Waals surface area (Å²) in [5.41, 5.74) is 2.53. The van der Waals surface area contributed by atoms with Crippen LogP contribution in [0.15, 0.2) is 42.5 Å². The number of para-hydroxylation sites is 2. The molecule has 2 aromatic carbocycles. The molecule has 0 aliphatic rings. The molecule has 0 aliphatic heterocycles. The third-order valence-electron chi connectivity index (χ3n) is 3.31. The number of hydrogen-bond acceptors (Lipinski definition) is 2. The van der Waals surface area contributed by atoms with E-state index in [-0.39, 0.29) is 6.54 Å². The Balaban J connectivity index is 2.30. The van der Waals surface area contributed by atoms with Crippen molar-refractivity contribution < 1.29 is 14.3 Å². The molecule has 0 unspecified atom stereocenters. The van der Waals surface area contributed by atoms with Gasteiger partial charge in [0.15, 0.2) is 0 Å². The van der Waals surface area contributed by atoms with Crippen LogP contribution in [0, 0.1) is 12.7 Å². The molecule has 106 valence electrons. The van der Waals surface area contributed by atoms with E-state index in [0.717, 1.165) is 5.56 Å². The summed E-state index contributed by atoms with van der Waals surface area (Å²) in [4.78, 5) is 15.5. The van der Waals surface area contributed by atoms with E-state index >= 15 is 0 Å². The van der Waals surface area contributed by atoms with Gasteiger partial charge < -0.3 is 9.67 Å². The number of imidazole rings is 1. The first kappa shape index (κ1) is 13.3. The quantitative estimate of drug-likeness (QED) is 0.803. The predicted octanol–water partition coefficient (Wildman–Crippen LogP) is 3.24. The molecule has 0 atom stereocenters. The molecule has 21 heavy (non-hydrogen) atoms. The number of carboxylic acids is 1. The Labute approximate surface area is 120 Å². The van der Waals surface area contributed by atoms with E-state index in [9.17, 15) is 9.18 Å². The van der Waals surface area contributed by atoms with Crippen LogP contribution >= 0.6 is 0 Å². The SMILES string of the molecule is Cc1ccc(F)c(-c2nc3ccccc3n2CC(=O)O)c1. The number of halogens is 1. The Morgan fingerprint density at radius 3 is 2.81 bits per heavy atom. The number of carboxylic acid groups (broad SMARTS) is 1. The maximum atomic E-state index is 14.1. The minimum absolute atomic E-state index is 0.261. The number of aliphatic carboxylic acids is 1. The van der Waals surface area contributed by atoms with Crippen molar-refractivity contribution in [2.45, 2.75) is 13.5 Å². The van der Waals surface area contributed by atoms with E-state index in [1.54, 1.807) is 30.3 Å². The molecule has 0 spiro atoms. The lowest BCUT2D eigenvalue weighted by atomic mass is 10.1. The van der Waals surface area contributed by atoms with E-state index < -0.39 is 11.8 Å². The average molecular weight is 284 g/mol. The molecule has 3 aromatic rings. The Bertz CT molecular complexity index is 839. The Kier molecular flexibility index (Phi) is 3.17. The number of aryl methyl sites for hydroxylation is 1. The van der Waals surface area contributed by atoms with Crippen LogP contribution in [0.2, 0.25) is 0 Å². The van der Waals surface area contributed by atoms with Crippen LogP contribution in [0.1, 0.15) is 5.56 Å². The van der Waals surface area contributed by atoms with Gasteiger partial charge in [-0.25, -0.2) is 9.37 Å². The highest BCUT2D eigenvalue weighted by Crippen LogP contribution is 2.27. The number of aromatic nitrogens is 2. The second kappa shape index (κ2) is 5.01. The number of fused-ring (bicyclic) bond motifs is 1. The zero-order chi connectivity index (χ0) is 15.0. The van der Waals surface area contributed by atoms with Gasteiger partial charge in [-0.1, -0.05) is 23.8 Å². The fourth-order valence-corrected chi connectivity index (χ4v) is 2.39. The van der Waals surface area contributed by atoms with Gasteiger partial charge in [-0.15, -0.1) is 0 Å². The molecule has 0 aliphatic carbocycles. The van der Waals surface area contributed by atoms with E-state index in [0.29, 0.717) is 22.4 Å². The van der Waals surface area contributed by atoms with Crippen molar-refractivity contribution in [1.29, 1.82) is 0 Å². The minimum Gasteiger partial charge on any atom is -0.480 e. The molecule has 0 bridgehead atoms. The largest absolute Gasteiger partial charge is 0.480 e. The van der Waals surface area contributed by atoms with E-state index in [1.165, 1.54) is 10.6 Å². The van der Waals surface area contributed by atoms with Crippen LogP contribution in [0.5, 0.6) is 0 Å². The van der Waals surface area contributed by atoms with Crippen molar-refractivity contribution in [1.82, 2.24) is 9.55 Å². The molecule has 0 fully saturated rings. The van der Waals surface area contributed by atoms with Crippen molar-refractivity contribution >= 4 is 17.0 Å². The van der Waals surface area contributed by atoms with Crippen LogP contribution in [-0.4, -0.2) is 20.6 Å². The lowest BCUT2D eigenvalue weighted by molar-refractivity contribution is -0.137. The minimum atomic E-state index is -0.993. The Morgan fingerprint density at radius 2 is 2.05 bits per heavy atom. The maximum Gasteiger partial charge on any atom is 0.323 e. The highest BCUT2D eigenvalue weighted by Gasteiger charge is 2.17. The van der Waals surface area contributed by atoms with Crippen LogP contribution < -0.4 is 0 Å². The second-order valence-corrected chi connectivity index (χ2v) is 4.89. The zero-order valence-corrected chi connectivity index (χ0v) is 11.4. The first-order valence-electron chi connectivity index (χ1n) is 6.50. The topological polar surface area (TPSA) is 55.1 Å². The maximum absolute atomic E-state index is 14.1. The van der Waals surface area contributed by atoms with Gasteiger partial charge in [0.1, 0.15) is 18.2 Å². The molecule has 1 N–H and O–H groups in total. The molecule has 0 saturated carbocycles. The predicted molar refractivity (Wildman–Crippen MR) is 77.5 cm³/mol. The summed E-state index contributed by atoms with van der Waals surface area (Å²) in [5, 5.41) is 9.10. The normalized spacial score (nSPS) is 11.0. The van der Waals surface area contributed by atoms with Gasteiger partial charge >= 0.3 is 5.97 Å². The van der Waals surface area contributed by atoms with E-state index in [1.807, 2.05) is 13.0 Å². The van der Waals surface area contributed by atoms with Gasteiger partial charge in [-0.05, 0) is 31.2 Å². The molecule has 0 saturated heterocycles. The number of nitrogens with zero attached hydrogens (tertiary/aromatic N) is 2. The number of rotatable bonds is 3. The van der Waals surface area contributed by atoms with Crippen LogP contribution in [0.4, 0.5) is 4.39 Å². The molecule has 4 nitrogen and oxygen atoms in total. The summed E-state index contributed by atoms with van der Waals surface area (Å²) in [6, 6.07) is 11.9. The van der Waals surface area contributed by atoms with Crippen LogP contribution in [-0.2, 0) is 11.3 Å². The van der Waals surface area contributed by atoms with Crippen molar-refractivity contribution in [3.63, 3.8) is 0 Å². The van der Waals surface area contributed by atoms with E-state index in [4.69, 9.17) is 5.11 Å². The summed E-state index contributed by atoms with van der Waals surface area (Å²) in [6.07, 6.45) is 0. The van der Waals surface area contributed by atoms with Gasteiger partial charge in [-0.3, -0.25) is 4.79 Å². The highest BCUT2D eigenvalue weighted by molar-refractivity contribution is 5.83. The van der Waals surface area contributed by atoms with Gasteiger partial charge in [0, 0.05) is 0 Å². The number of hydrogen-bond donors (Lipinski definition) is 1. The fraction of sp³-hybridized carbons (Fsp3) is 0.125. The third kappa shape index (κ3) is 2.38. The van der Waals surface area contributed by atoms with Gasteiger partial charge in [0.25, 0.3) is 0 Å². The monoisotopic (exact) mass is 284 g/mol. The number of carbonyl (C=O) groups is 1. The van der Waals surface area contributed by atoms with Crippen molar-refractivity contribution in [2.24, 2.45) is 0 Å². The fourth-order valence-electron chi connectivity index (χ4n) is 2.39. The van der Waals surface area contributed by atoms with Crippen molar-refractivity contribution in [2.75, 3.05) is 0 Å². The van der Waals surface area contributed by atoms with Gasteiger partial charge in [0.05, 0.1) is 16.6 Å². The Morgan fingerprint density at radius 1 is 1.29 bits per heavy atom. The average Bonchev–Trinajstić information content (AvgIpc) is 2.80. The lowest BCUT2D eigenvalue weighted by Gasteiger charge is -2.08.